The number of benzene rings is 5. The minimum atomic E-state index is -4.34. The summed E-state index contributed by atoms with van der Waals surface area (Å²) >= 11 is 0. The smallest absolute Gasteiger partial charge is 0.294 e. The Balaban J connectivity index is 1.33. The number of hydrogen-bond donors (Lipinski definition) is 2. The number of nitrogens with zero attached hydrogens (tertiary/aromatic N) is 4. The van der Waals surface area contributed by atoms with E-state index in [1.165, 1.54) is 24.3 Å². The molecular weight excluding hydrogens is 625 g/mol. The van der Waals surface area contributed by atoms with Crippen LogP contribution in [0, 0.1) is 13.8 Å². The molecule has 0 unspecified atom stereocenters. The summed E-state index contributed by atoms with van der Waals surface area (Å²) in [7, 11) is -8.64. The van der Waals surface area contributed by atoms with Crippen molar-refractivity contribution in [3.05, 3.63) is 121 Å². The molecule has 230 valence electrons. The molecule has 0 aliphatic carbocycles. The zero-order chi connectivity index (χ0) is 32.4. The molecule has 0 atom stereocenters. The van der Waals surface area contributed by atoms with Crippen LogP contribution >= 0.6 is 0 Å². The van der Waals surface area contributed by atoms with Crippen molar-refractivity contribution in [1.29, 1.82) is 0 Å². The average molecular weight is 651 g/mol. The molecule has 0 bridgehead atoms. The van der Waals surface area contributed by atoms with Crippen molar-refractivity contribution in [2.45, 2.75) is 23.6 Å². The van der Waals surface area contributed by atoms with E-state index >= 15 is 0 Å². The molecule has 46 heavy (non-hydrogen) atoms. The molecule has 0 spiro atoms. The highest BCUT2D eigenvalue weighted by Crippen LogP contribution is 2.34. The molecule has 0 saturated carbocycles. The summed E-state index contributed by atoms with van der Waals surface area (Å²) in [5, 5.41) is 0. The van der Waals surface area contributed by atoms with Crippen molar-refractivity contribution in [3.63, 3.8) is 0 Å². The van der Waals surface area contributed by atoms with E-state index in [-0.39, 0.29) is 9.79 Å². The van der Waals surface area contributed by atoms with E-state index in [1.54, 1.807) is 24.3 Å². The topological polar surface area (TPSA) is 144 Å². The van der Waals surface area contributed by atoms with Gasteiger partial charge in [0.25, 0.3) is 20.2 Å². The third kappa shape index (κ3) is 5.26. The molecule has 2 N–H and O–H groups in total. The molecule has 0 saturated heterocycles. The maximum absolute atomic E-state index is 11.7. The zero-order valence-electron chi connectivity index (χ0n) is 24.5. The summed E-state index contributed by atoms with van der Waals surface area (Å²) in [5.74, 6) is 1.39. The van der Waals surface area contributed by atoms with E-state index in [1.807, 2.05) is 83.6 Å². The van der Waals surface area contributed by atoms with Gasteiger partial charge in [-0.2, -0.15) is 16.8 Å². The van der Waals surface area contributed by atoms with Gasteiger partial charge in [0.1, 0.15) is 11.6 Å². The van der Waals surface area contributed by atoms with Crippen LogP contribution in [0.5, 0.6) is 0 Å². The molecular formula is C34H26N4O6S2. The maximum atomic E-state index is 11.7. The first-order valence-electron chi connectivity index (χ1n) is 14.1. The van der Waals surface area contributed by atoms with E-state index in [0.717, 1.165) is 44.3 Å². The van der Waals surface area contributed by atoms with Gasteiger partial charge in [0.2, 0.25) is 0 Å². The second-order valence-electron chi connectivity index (χ2n) is 11.0. The minimum Gasteiger partial charge on any atom is -0.297 e. The highest BCUT2D eigenvalue weighted by atomic mass is 32.2. The molecule has 0 amide bonds. The van der Waals surface area contributed by atoms with Crippen molar-refractivity contribution in [2.24, 2.45) is 0 Å². The molecule has 2 heterocycles. The summed E-state index contributed by atoms with van der Waals surface area (Å²) in [6.07, 6.45) is 0. The molecule has 10 nitrogen and oxygen atoms in total. The standard InChI is InChI=1S/C34H26N4O6S2/c1-21-4-3-5-25(18-21)34-36-31-20-24(7-17-33(31)38(34)27-10-14-29(15-11-27)46(42,43)44)23-6-16-32-30(19-23)35-22(2)37(32)26-8-12-28(13-9-26)45(39,40)41/h3-20H,1-2H3,(H,39,40,41)(H,42,43,44). The van der Waals surface area contributed by atoms with Gasteiger partial charge in [-0.15, -0.1) is 0 Å². The van der Waals surface area contributed by atoms with Gasteiger partial charge in [0.05, 0.1) is 31.9 Å². The Morgan fingerprint density at radius 3 is 1.57 bits per heavy atom. The lowest BCUT2D eigenvalue weighted by atomic mass is 10.0. The van der Waals surface area contributed by atoms with Crippen LogP contribution in [0.25, 0.3) is 56.0 Å². The number of aromatic nitrogens is 4. The van der Waals surface area contributed by atoms with E-state index in [9.17, 15) is 25.9 Å². The molecule has 0 radical (unpaired) electrons. The number of imidazole rings is 2. The molecule has 0 aliphatic rings. The number of fused-ring (bicyclic) bond motifs is 2. The summed E-state index contributed by atoms with van der Waals surface area (Å²) < 4.78 is 69.0. The fourth-order valence-corrected chi connectivity index (χ4v) is 6.70. The fourth-order valence-electron chi connectivity index (χ4n) is 5.74. The third-order valence-electron chi connectivity index (χ3n) is 7.87. The summed E-state index contributed by atoms with van der Waals surface area (Å²) in [6, 6.07) is 31.8. The van der Waals surface area contributed by atoms with Crippen LogP contribution in [-0.2, 0) is 20.2 Å². The first-order valence-corrected chi connectivity index (χ1v) is 17.0. The van der Waals surface area contributed by atoms with E-state index in [4.69, 9.17) is 9.97 Å². The van der Waals surface area contributed by atoms with Crippen LogP contribution in [0.4, 0.5) is 0 Å². The third-order valence-corrected chi connectivity index (χ3v) is 9.61. The van der Waals surface area contributed by atoms with Crippen LogP contribution in [0.15, 0.2) is 119 Å². The molecule has 7 aromatic rings. The van der Waals surface area contributed by atoms with Crippen LogP contribution in [0.3, 0.4) is 0 Å². The van der Waals surface area contributed by atoms with Crippen LogP contribution in [0.1, 0.15) is 11.4 Å². The predicted octanol–water partition coefficient (Wildman–Crippen LogP) is 6.81. The van der Waals surface area contributed by atoms with E-state index < -0.39 is 20.2 Å². The highest BCUT2D eigenvalue weighted by molar-refractivity contribution is 7.86. The lowest BCUT2D eigenvalue weighted by Gasteiger charge is -2.11. The normalized spacial score (nSPS) is 12.3. The van der Waals surface area contributed by atoms with Crippen molar-refractivity contribution in [1.82, 2.24) is 19.1 Å². The Morgan fingerprint density at radius 2 is 1.04 bits per heavy atom. The molecule has 7 rings (SSSR count). The number of rotatable bonds is 6. The van der Waals surface area contributed by atoms with Crippen molar-refractivity contribution < 1.29 is 25.9 Å². The van der Waals surface area contributed by atoms with Crippen LogP contribution < -0.4 is 0 Å². The summed E-state index contributed by atoms with van der Waals surface area (Å²) in [5.41, 5.74) is 8.32. The predicted molar refractivity (Wildman–Crippen MR) is 176 cm³/mol. The zero-order valence-corrected chi connectivity index (χ0v) is 26.2. The molecule has 5 aromatic carbocycles. The summed E-state index contributed by atoms with van der Waals surface area (Å²) in [4.78, 5) is 9.40. The Hall–Kier alpha value is -5.14. The largest absolute Gasteiger partial charge is 0.297 e. The van der Waals surface area contributed by atoms with Gasteiger partial charge in [0, 0.05) is 16.9 Å². The van der Waals surface area contributed by atoms with Gasteiger partial charge in [-0.1, -0.05) is 35.9 Å². The lowest BCUT2D eigenvalue weighted by molar-refractivity contribution is 0.481. The minimum absolute atomic E-state index is 0.181. The first-order chi connectivity index (χ1) is 21.9. The van der Waals surface area contributed by atoms with E-state index in [0.29, 0.717) is 23.0 Å². The Kier molecular flexibility index (Phi) is 6.90. The van der Waals surface area contributed by atoms with Gasteiger partial charge >= 0.3 is 0 Å². The SMILES string of the molecule is Cc1cccc(-c2nc3cc(-c4ccc5c(c4)nc(C)n5-c4ccc(S(=O)(=O)O)cc4)ccc3n2-c2ccc(S(=O)(=O)O)cc2)c1. The fraction of sp³-hybridized carbons (Fsp3) is 0.0588. The highest BCUT2D eigenvalue weighted by Gasteiger charge is 2.18. The number of hydrogen-bond acceptors (Lipinski definition) is 6. The van der Waals surface area contributed by atoms with Gasteiger partial charge in [-0.05, 0) is 104 Å². The molecule has 12 heteroatoms. The number of aryl methyl sites for hydroxylation is 2. The Labute approximate surface area is 264 Å². The van der Waals surface area contributed by atoms with Gasteiger partial charge < -0.3 is 0 Å². The molecule has 2 aromatic heterocycles. The summed E-state index contributed by atoms with van der Waals surface area (Å²) in [6.45, 7) is 3.87. The molecule has 0 fully saturated rings. The van der Waals surface area contributed by atoms with Gasteiger partial charge in [-0.25, -0.2) is 9.97 Å². The van der Waals surface area contributed by atoms with Crippen LogP contribution in [0.2, 0.25) is 0 Å². The van der Waals surface area contributed by atoms with Crippen LogP contribution in [-0.4, -0.2) is 45.0 Å². The van der Waals surface area contributed by atoms with Gasteiger partial charge in [0.15, 0.2) is 0 Å². The lowest BCUT2D eigenvalue weighted by Crippen LogP contribution is -2.01. The van der Waals surface area contributed by atoms with Crippen molar-refractivity contribution in [3.8, 4) is 33.9 Å². The van der Waals surface area contributed by atoms with Crippen molar-refractivity contribution >= 4 is 42.3 Å². The average Bonchev–Trinajstić information content (AvgIpc) is 3.56. The molecule has 0 aliphatic heterocycles. The second kappa shape index (κ2) is 10.7. The second-order valence-corrected chi connectivity index (χ2v) is 13.8. The Bertz CT molecular complexity index is 2540. The Morgan fingerprint density at radius 1 is 0.543 bits per heavy atom. The first kappa shape index (κ1) is 29.6. The quantitative estimate of drug-likeness (QED) is 0.187. The maximum Gasteiger partial charge on any atom is 0.294 e. The van der Waals surface area contributed by atoms with Gasteiger partial charge in [-0.3, -0.25) is 18.2 Å². The van der Waals surface area contributed by atoms with E-state index in [2.05, 4.69) is 0 Å². The van der Waals surface area contributed by atoms with Crippen molar-refractivity contribution in [2.75, 3.05) is 0 Å². The monoisotopic (exact) mass is 650 g/mol.